The van der Waals surface area contributed by atoms with Crippen molar-refractivity contribution >= 4 is 17.6 Å². The number of carbonyl (C=O) groups is 2. The molecule has 0 aromatic heterocycles. The van der Waals surface area contributed by atoms with Gasteiger partial charge in [-0.2, -0.15) is 5.26 Å². The molecule has 26 heavy (non-hydrogen) atoms. The summed E-state index contributed by atoms with van der Waals surface area (Å²) in [6.07, 6.45) is 4.21. The van der Waals surface area contributed by atoms with E-state index in [1.54, 1.807) is 12.1 Å². The van der Waals surface area contributed by atoms with Gasteiger partial charge in [-0.25, -0.2) is 0 Å². The maximum atomic E-state index is 13.0. The van der Waals surface area contributed by atoms with Crippen LogP contribution < -0.4 is 10.1 Å². The van der Waals surface area contributed by atoms with Gasteiger partial charge in [0.15, 0.2) is 0 Å². The van der Waals surface area contributed by atoms with E-state index < -0.39 is 11.6 Å². The molecule has 1 amide bonds. The first-order valence-electron chi connectivity index (χ1n) is 9.08. The SMILES string of the molecule is CCCO[C@]1(C(=O)Nc2ccc(OC(C)=O)cc2C#N)CCC[C@H](C)C1. The maximum Gasteiger partial charge on any atom is 0.308 e. The van der Waals surface area contributed by atoms with Crippen molar-refractivity contribution in [3.63, 3.8) is 0 Å². The highest BCUT2D eigenvalue weighted by molar-refractivity contribution is 5.98. The lowest BCUT2D eigenvalue weighted by Crippen LogP contribution is -2.48. The molecule has 1 aromatic rings. The number of nitrogens with one attached hydrogen (secondary N) is 1. The van der Waals surface area contributed by atoms with Crippen LogP contribution in [-0.4, -0.2) is 24.1 Å². The molecule has 1 aliphatic carbocycles. The Morgan fingerprint density at radius 2 is 2.19 bits per heavy atom. The van der Waals surface area contributed by atoms with Crippen molar-refractivity contribution in [2.75, 3.05) is 11.9 Å². The maximum absolute atomic E-state index is 13.0. The van der Waals surface area contributed by atoms with E-state index in [0.29, 0.717) is 31.1 Å². The Kier molecular flexibility index (Phi) is 6.76. The Hall–Kier alpha value is -2.39. The van der Waals surface area contributed by atoms with Crippen LogP contribution in [0, 0.1) is 17.2 Å². The molecule has 0 heterocycles. The Morgan fingerprint density at radius 3 is 2.81 bits per heavy atom. The number of nitrogens with zero attached hydrogens (tertiary/aromatic N) is 1. The van der Waals surface area contributed by atoms with Crippen LogP contribution in [-0.2, 0) is 14.3 Å². The summed E-state index contributed by atoms with van der Waals surface area (Å²) in [5, 5.41) is 12.2. The predicted molar refractivity (Wildman–Crippen MR) is 97.7 cm³/mol. The zero-order chi connectivity index (χ0) is 19.2. The quantitative estimate of drug-likeness (QED) is 0.617. The number of anilines is 1. The van der Waals surface area contributed by atoms with Gasteiger partial charge < -0.3 is 14.8 Å². The third kappa shape index (κ3) is 4.83. The number of esters is 1. The predicted octanol–water partition coefficient (Wildman–Crippen LogP) is 3.80. The second-order valence-corrected chi connectivity index (χ2v) is 6.91. The summed E-state index contributed by atoms with van der Waals surface area (Å²) < 4.78 is 11.0. The first-order chi connectivity index (χ1) is 12.4. The van der Waals surface area contributed by atoms with Gasteiger partial charge >= 0.3 is 5.97 Å². The fourth-order valence-electron chi connectivity index (χ4n) is 3.39. The molecule has 0 unspecified atom stereocenters. The van der Waals surface area contributed by atoms with E-state index in [-0.39, 0.29) is 17.2 Å². The number of ether oxygens (including phenoxy) is 2. The average Bonchev–Trinajstić information content (AvgIpc) is 2.60. The first-order valence-corrected chi connectivity index (χ1v) is 9.08. The molecule has 2 rings (SSSR count). The summed E-state index contributed by atoms with van der Waals surface area (Å²) in [6.45, 7) is 5.96. The summed E-state index contributed by atoms with van der Waals surface area (Å²) in [6, 6.07) is 6.61. The molecule has 140 valence electrons. The summed E-state index contributed by atoms with van der Waals surface area (Å²) in [5.74, 6) is 0.00597. The van der Waals surface area contributed by atoms with E-state index >= 15 is 0 Å². The molecule has 0 aliphatic heterocycles. The number of carbonyl (C=O) groups excluding carboxylic acids is 2. The molecule has 6 nitrogen and oxygen atoms in total. The second-order valence-electron chi connectivity index (χ2n) is 6.91. The van der Waals surface area contributed by atoms with E-state index in [0.717, 1.165) is 19.3 Å². The zero-order valence-electron chi connectivity index (χ0n) is 15.6. The average molecular weight is 358 g/mol. The largest absolute Gasteiger partial charge is 0.427 e. The number of hydrogen-bond acceptors (Lipinski definition) is 5. The highest BCUT2D eigenvalue weighted by atomic mass is 16.5. The number of benzene rings is 1. The van der Waals surface area contributed by atoms with Crippen molar-refractivity contribution in [3.05, 3.63) is 23.8 Å². The topological polar surface area (TPSA) is 88.4 Å². The van der Waals surface area contributed by atoms with E-state index in [1.807, 2.05) is 13.0 Å². The molecule has 1 N–H and O–H groups in total. The van der Waals surface area contributed by atoms with Gasteiger partial charge in [-0.1, -0.05) is 20.3 Å². The highest BCUT2D eigenvalue weighted by Crippen LogP contribution is 2.36. The van der Waals surface area contributed by atoms with Crippen molar-refractivity contribution in [2.45, 2.75) is 58.5 Å². The van der Waals surface area contributed by atoms with E-state index in [4.69, 9.17) is 9.47 Å². The Labute approximate surface area is 154 Å². The molecule has 0 bridgehead atoms. The van der Waals surface area contributed by atoms with Crippen molar-refractivity contribution < 1.29 is 19.1 Å². The third-order valence-corrected chi connectivity index (χ3v) is 4.57. The van der Waals surface area contributed by atoms with Crippen LogP contribution in [0.2, 0.25) is 0 Å². The van der Waals surface area contributed by atoms with Gasteiger partial charge in [0.05, 0.1) is 11.3 Å². The number of hydrogen-bond donors (Lipinski definition) is 1. The number of amides is 1. The molecule has 1 saturated carbocycles. The van der Waals surface area contributed by atoms with Crippen molar-refractivity contribution in [1.82, 2.24) is 0 Å². The van der Waals surface area contributed by atoms with Gasteiger partial charge in [0.1, 0.15) is 17.4 Å². The molecule has 6 heteroatoms. The molecule has 0 spiro atoms. The second kappa shape index (κ2) is 8.81. The Morgan fingerprint density at radius 1 is 1.42 bits per heavy atom. The van der Waals surface area contributed by atoms with E-state index in [9.17, 15) is 14.9 Å². The summed E-state index contributed by atoms with van der Waals surface area (Å²) >= 11 is 0. The molecule has 0 saturated heterocycles. The number of nitriles is 1. The van der Waals surface area contributed by atoms with Crippen LogP contribution in [0.4, 0.5) is 5.69 Å². The fraction of sp³-hybridized carbons (Fsp3) is 0.550. The van der Waals surface area contributed by atoms with Gasteiger partial charge in [0.25, 0.3) is 5.91 Å². The molecule has 1 fully saturated rings. The molecule has 1 aliphatic rings. The molecule has 0 radical (unpaired) electrons. The van der Waals surface area contributed by atoms with Crippen LogP contribution in [0.15, 0.2) is 18.2 Å². The lowest BCUT2D eigenvalue weighted by Gasteiger charge is -2.38. The van der Waals surface area contributed by atoms with Crippen molar-refractivity contribution in [3.8, 4) is 11.8 Å². The minimum atomic E-state index is -0.852. The normalized spacial score (nSPS) is 22.3. The highest BCUT2D eigenvalue weighted by Gasteiger charge is 2.43. The molecule has 1 aromatic carbocycles. The zero-order valence-corrected chi connectivity index (χ0v) is 15.6. The number of rotatable bonds is 6. The first kappa shape index (κ1) is 19.9. The molecular weight excluding hydrogens is 332 g/mol. The monoisotopic (exact) mass is 358 g/mol. The fourth-order valence-corrected chi connectivity index (χ4v) is 3.39. The van der Waals surface area contributed by atoms with Crippen molar-refractivity contribution in [1.29, 1.82) is 5.26 Å². The van der Waals surface area contributed by atoms with Gasteiger partial charge in [-0.15, -0.1) is 0 Å². The summed E-state index contributed by atoms with van der Waals surface area (Å²) in [7, 11) is 0. The Balaban J connectivity index is 2.23. The van der Waals surface area contributed by atoms with E-state index in [1.165, 1.54) is 13.0 Å². The Bertz CT molecular complexity index is 710. The summed E-state index contributed by atoms with van der Waals surface area (Å²) in [5.41, 5.74) is -0.215. The molecular formula is C20H26N2O4. The molecule has 2 atom stereocenters. The van der Waals surface area contributed by atoms with E-state index in [2.05, 4.69) is 12.2 Å². The van der Waals surface area contributed by atoms with Crippen LogP contribution in [0.1, 0.15) is 58.4 Å². The minimum Gasteiger partial charge on any atom is -0.427 e. The van der Waals surface area contributed by atoms with Gasteiger partial charge in [-0.05, 0) is 43.7 Å². The standard InChI is InChI=1S/C20H26N2O4/c1-4-10-25-20(9-5-6-14(2)12-20)19(24)22-18-8-7-17(26-15(3)23)11-16(18)13-21/h7-8,11,14H,4-6,9-10,12H2,1-3H3,(H,22,24)/t14-,20+/m0/s1. The summed E-state index contributed by atoms with van der Waals surface area (Å²) in [4.78, 5) is 24.1. The van der Waals surface area contributed by atoms with Crippen LogP contribution in [0.3, 0.4) is 0 Å². The van der Waals surface area contributed by atoms with Crippen LogP contribution >= 0.6 is 0 Å². The lowest BCUT2D eigenvalue weighted by atomic mass is 9.78. The lowest BCUT2D eigenvalue weighted by molar-refractivity contribution is -0.148. The van der Waals surface area contributed by atoms with Crippen LogP contribution in [0.25, 0.3) is 0 Å². The smallest absolute Gasteiger partial charge is 0.308 e. The van der Waals surface area contributed by atoms with Crippen LogP contribution in [0.5, 0.6) is 5.75 Å². The third-order valence-electron chi connectivity index (χ3n) is 4.57. The van der Waals surface area contributed by atoms with Crippen molar-refractivity contribution in [2.24, 2.45) is 5.92 Å². The van der Waals surface area contributed by atoms with Gasteiger partial charge in [0.2, 0.25) is 0 Å². The van der Waals surface area contributed by atoms with Gasteiger partial charge in [0, 0.05) is 19.6 Å². The minimum absolute atomic E-state index is 0.214. The van der Waals surface area contributed by atoms with Gasteiger partial charge in [-0.3, -0.25) is 9.59 Å².